The molecule has 4 rings (SSSR count). The van der Waals surface area contributed by atoms with Crippen LogP contribution in [0.2, 0.25) is 0 Å². The van der Waals surface area contributed by atoms with Crippen molar-refractivity contribution in [2.75, 3.05) is 24.3 Å². The van der Waals surface area contributed by atoms with Gasteiger partial charge in [0.15, 0.2) is 0 Å². The smallest absolute Gasteiger partial charge is 0.291 e. The van der Waals surface area contributed by atoms with E-state index in [1.165, 1.54) is 6.08 Å². The van der Waals surface area contributed by atoms with E-state index in [9.17, 15) is 9.59 Å². The molecule has 1 amide bonds. The molecule has 0 aliphatic heterocycles. The molecule has 2 aromatic carbocycles. The molecule has 0 atom stereocenters. The number of nitrogens with zero attached hydrogens (tertiary/aromatic N) is 3. The van der Waals surface area contributed by atoms with Gasteiger partial charge in [-0.2, -0.15) is 4.98 Å². The Morgan fingerprint density at radius 2 is 1.58 bits per heavy atom. The SMILES string of the molecule is CN(C)c1nc(NC2CCC(NC(=O)C(=O)/C=C/c3ccccc3)CC2)nc2ccccc12. The number of ketones is 1. The van der Waals surface area contributed by atoms with Crippen molar-refractivity contribution in [3.8, 4) is 0 Å². The highest BCUT2D eigenvalue weighted by atomic mass is 16.2. The van der Waals surface area contributed by atoms with Gasteiger partial charge in [0.1, 0.15) is 5.82 Å². The highest BCUT2D eigenvalue weighted by Crippen LogP contribution is 2.26. The topological polar surface area (TPSA) is 87.2 Å². The summed E-state index contributed by atoms with van der Waals surface area (Å²) in [6.45, 7) is 0. The summed E-state index contributed by atoms with van der Waals surface area (Å²) >= 11 is 0. The molecule has 7 nitrogen and oxygen atoms in total. The van der Waals surface area contributed by atoms with Crippen LogP contribution < -0.4 is 15.5 Å². The van der Waals surface area contributed by atoms with E-state index >= 15 is 0 Å². The predicted octanol–water partition coefficient (Wildman–Crippen LogP) is 3.82. The Bertz CT molecular complexity index is 1150. The molecule has 1 fully saturated rings. The van der Waals surface area contributed by atoms with Crippen LogP contribution in [0, 0.1) is 0 Å². The van der Waals surface area contributed by atoms with Crippen LogP contribution in [0.3, 0.4) is 0 Å². The summed E-state index contributed by atoms with van der Waals surface area (Å²) in [5.41, 5.74) is 1.79. The van der Waals surface area contributed by atoms with E-state index in [0.717, 1.165) is 48.0 Å². The van der Waals surface area contributed by atoms with Crippen molar-refractivity contribution in [3.05, 3.63) is 66.2 Å². The van der Waals surface area contributed by atoms with Gasteiger partial charge in [-0.3, -0.25) is 9.59 Å². The van der Waals surface area contributed by atoms with Crippen molar-refractivity contribution < 1.29 is 9.59 Å². The first-order valence-electron chi connectivity index (χ1n) is 11.3. The predicted molar refractivity (Wildman–Crippen MR) is 132 cm³/mol. The van der Waals surface area contributed by atoms with E-state index in [0.29, 0.717) is 5.95 Å². The van der Waals surface area contributed by atoms with E-state index in [2.05, 4.69) is 15.6 Å². The first kappa shape index (κ1) is 22.5. The van der Waals surface area contributed by atoms with Crippen molar-refractivity contribution in [3.63, 3.8) is 0 Å². The van der Waals surface area contributed by atoms with Crippen LogP contribution in [-0.2, 0) is 9.59 Å². The average Bonchev–Trinajstić information content (AvgIpc) is 2.83. The van der Waals surface area contributed by atoms with Crippen molar-refractivity contribution >= 4 is 40.4 Å². The highest BCUT2D eigenvalue weighted by molar-refractivity contribution is 6.41. The molecule has 170 valence electrons. The number of hydrogen-bond acceptors (Lipinski definition) is 6. The molecule has 2 N–H and O–H groups in total. The molecule has 0 saturated heterocycles. The number of fused-ring (bicyclic) bond motifs is 1. The molecule has 0 bridgehead atoms. The first-order chi connectivity index (χ1) is 16.0. The molecular formula is C26H29N5O2. The lowest BCUT2D eigenvalue weighted by atomic mass is 9.91. The summed E-state index contributed by atoms with van der Waals surface area (Å²) in [5, 5.41) is 7.36. The van der Waals surface area contributed by atoms with Crippen LogP contribution >= 0.6 is 0 Å². The van der Waals surface area contributed by atoms with Gasteiger partial charge in [0.25, 0.3) is 5.91 Å². The van der Waals surface area contributed by atoms with E-state index in [-0.39, 0.29) is 12.1 Å². The third kappa shape index (κ3) is 5.74. The lowest BCUT2D eigenvalue weighted by Crippen LogP contribution is -2.42. The van der Waals surface area contributed by atoms with Gasteiger partial charge in [-0.25, -0.2) is 4.98 Å². The molecule has 1 heterocycles. The lowest BCUT2D eigenvalue weighted by molar-refractivity contribution is -0.135. The Hall–Kier alpha value is -3.74. The third-order valence-electron chi connectivity index (χ3n) is 5.85. The van der Waals surface area contributed by atoms with Gasteiger partial charge in [-0.05, 0) is 49.5 Å². The van der Waals surface area contributed by atoms with E-state index < -0.39 is 11.7 Å². The molecule has 1 saturated carbocycles. The van der Waals surface area contributed by atoms with Gasteiger partial charge in [-0.1, -0.05) is 48.5 Å². The summed E-state index contributed by atoms with van der Waals surface area (Å²) in [6.07, 6.45) is 6.32. The highest BCUT2D eigenvalue weighted by Gasteiger charge is 2.24. The number of aromatic nitrogens is 2. The number of benzene rings is 2. The second kappa shape index (κ2) is 10.3. The van der Waals surface area contributed by atoms with Crippen LogP contribution in [0.4, 0.5) is 11.8 Å². The first-order valence-corrected chi connectivity index (χ1v) is 11.3. The lowest BCUT2D eigenvalue weighted by Gasteiger charge is -2.29. The number of nitrogens with one attached hydrogen (secondary N) is 2. The van der Waals surface area contributed by atoms with Crippen molar-refractivity contribution in [1.29, 1.82) is 0 Å². The summed E-state index contributed by atoms with van der Waals surface area (Å²) in [6, 6.07) is 17.7. The zero-order valence-corrected chi connectivity index (χ0v) is 19.0. The average molecular weight is 444 g/mol. The van der Waals surface area contributed by atoms with Crippen molar-refractivity contribution in [2.24, 2.45) is 0 Å². The summed E-state index contributed by atoms with van der Waals surface area (Å²) in [5.74, 6) is 0.421. The molecular weight excluding hydrogens is 414 g/mol. The summed E-state index contributed by atoms with van der Waals surface area (Å²) in [4.78, 5) is 35.8. The van der Waals surface area contributed by atoms with E-state index in [4.69, 9.17) is 4.98 Å². The zero-order valence-electron chi connectivity index (χ0n) is 19.0. The number of para-hydroxylation sites is 1. The summed E-state index contributed by atoms with van der Waals surface area (Å²) < 4.78 is 0. The molecule has 7 heteroatoms. The number of carbonyl (C=O) groups excluding carboxylic acids is 2. The second-order valence-electron chi connectivity index (χ2n) is 8.56. The molecule has 0 radical (unpaired) electrons. The third-order valence-corrected chi connectivity index (χ3v) is 5.85. The van der Waals surface area contributed by atoms with Crippen molar-refractivity contribution in [1.82, 2.24) is 15.3 Å². The number of amides is 1. The molecule has 1 aromatic heterocycles. The van der Waals surface area contributed by atoms with Gasteiger partial charge in [0.2, 0.25) is 11.7 Å². The summed E-state index contributed by atoms with van der Waals surface area (Å²) in [7, 11) is 3.95. The van der Waals surface area contributed by atoms with Gasteiger partial charge >= 0.3 is 0 Å². The molecule has 1 aliphatic carbocycles. The maximum absolute atomic E-state index is 12.3. The number of anilines is 2. The van der Waals surface area contributed by atoms with Crippen LogP contribution in [0.1, 0.15) is 31.2 Å². The fraction of sp³-hybridized carbons (Fsp3) is 0.308. The Balaban J connectivity index is 1.31. The standard InChI is InChI=1S/C26H29N5O2/c1-31(2)24-21-10-6-7-11-22(21)29-26(30-24)28-20-15-13-19(14-16-20)27-25(33)23(32)17-12-18-8-4-3-5-9-18/h3-12,17,19-20H,13-16H2,1-2H3,(H,27,33)(H,28,29,30)/b17-12+. The molecule has 0 unspecified atom stereocenters. The van der Waals surface area contributed by atoms with Gasteiger partial charge in [-0.15, -0.1) is 0 Å². The quantitative estimate of drug-likeness (QED) is 0.426. The fourth-order valence-corrected chi connectivity index (χ4v) is 4.10. The number of hydrogen-bond donors (Lipinski definition) is 2. The van der Waals surface area contributed by atoms with E-state index in [1.54, 1.807) is 6.08 Å². The Kier molecular flexibility index (Phi) is 6.98. The minimum Gasteiger partial charge on any atom is -0.362 e. The number of carbonyl (C=O) groups is 2. The molecule has 33 heavy (non-hydrogen) atoms. The van der Waals surface area contributed by atoms with Gasteiger partial charge < -0.3 is 15.5 Å². The minimum atomic E-state index is -0.549. The Labute approximate surface area is 193 Å². The Morgan fingerprint density at radius 3 is 2.30 bits per heavy atom. The van der Waals surface area contributed by atoms with Crippen molar-refractivity contribution in [2.45, 2.75) is 37.8 Å². The van der Waals surface area contributed by atoms with Crippen LogP contribution in [0.15, 0.2) is 60.7 Å². The fourth-order valence-electron chi connectivity index (χ4n) is 4.10. The van der Waals surface area contributed by atoms with Gasteiger partial charge in [0.05, 0.1) is 5.52 Å². The van der Waals surface area contributed by atoms with Gasteiger partial charge in [0, 0.05) is 31.6 Å². The Morgan fingerprint density at radius 1 is 0.909 bits per heavy atom. The number of rotatable bonds is 7. The normalized spacial score (nSPS) is 18.2. The second-order valence-corrected chi connectivity index (χ2v) is 8.56. The maximum Gasteiger partial charge on any atom is 0.291 e. The minimum absolute atomic E-state index is 0.000478. The largest absolute Gasteiger partial charge is 0.362 e. The maximum atomic E-state index is 12.3. The zero-order chi connectivity index (χ0) is 23.2. The molecule has 1 aliphatic rings. The van der Waals surface area contributed by atoms with E-state index in [1.807, 2.05) is 73.6 Å². The molecule has 3 aromatic rings. The van der Waals surface area contributed by atoms with Crippen LogP contribution in [0.5, 0.6) is 0 Å². The monoisotopic (exact) mass is 443 g/mol. The molecule has 0 spiro atoms. The van der Waals surface area contributed by atoms with Crippen LogP contribution in [0.25, 0.3) is 17.0 Å². The van der Waals surface area contributed by atoms with Crippen LogP contribution in [-0.4, -0.2) is 47.8 Å².